The van der Waals surface area contributed by atoms with E-state index in [1.807, 2.05) is 13.0 Å². The highest BCUT2D eigenvalue weighted by atomic mass is 16.5. The molecule has 0 aromatic rings. The molecule has 1 unspecified atom stereocenters. The molecule has 0 aromatic carbocycles. The molecule has 15 heavy (non-hydrogen) atoms. The van der Waals surface area contributed by atoms with Gasteiger partial charge in [0.1, 0.15) is 0 Å². The van der Waals surface area contributed by atoms with Gasteiger partial charge in [0.2, 0.25) is 0 Å². The number of carbonyl (C=O) groups is 1. The van der Waals surface area contributed by atoms with Crippen molar-refractivity contribution < 1.29 is 14.3 Å². The third-order valence-electron chi connectivity index (χ3n) is 1.83. The minimum Gasteiger partial charge on any atom is -0.462 e. The van der Waals surface area contributed by atoms with E-state index in [1.54, 1.807) is 6.92 Å². The summed E-state index contributed by atoms with van der Waals surface area (Å²) in [5.74, 6) is -0.340. The second-order valence-corrected chi connectivity index (χ2v) is 3.46. The fraction of sp³-hybridized carbons (Fsp3) is 0.583. The molecule has 0 aliphatic rings. The summed E-state index contributed by atoms with van der Waals surface area (Å²) in [7, 11) is 0. The van der Waals surface area contributed by atoms with Crippen LogP contribution < -0.4 is 0 Å². The average molecular weight is 212 g/mol. The van der Waals surface area contributed by atoms with Crippen molar-refractivity contribution in [3.8, 4) is 0 Å². The molecule has 0 N–H and O–H groups in total. The molecule has 0 bridgehead atoms. The number of hydrogen-bond acceptors (Lipinski definition) is 3. The van der Waals surface area contributed by atoms with E-state index in [4.69, 9.17) is 9.47 Å². The Morgan fingerprint density at radius 2 is 2.13 bits per heavy atom. The summed E-state index contributed by atoms with van der Waals surface area (Å²) in [5, 5.41) is 0. The molecule has 0 heterocycles. The zero-order chi connectivity index (χ0) is 11.7. The van der Waals surface area contributed by atoms with E-state index in [0.717, 1.165) is 6.42 Å². The van der Waals surface area contributed by atoms with Crippen LogP contribution in [0.2, 0.25) is 0 Å². The molecule has 0 saturated carbocycles. The highest BCUT2D eigenvalue weighted by Crippen LogP contribution is 2.01. The van der Waals surface area contributed by atoms with Crippen molar-refractivity contribution in [1.29, 1.82) is 0 Å². The van der Waals surface area contributed by atoms with Crippen molar-refractivity contribution in [2.45, 2.75) is 32.8 Å². The van der Waals surface area contributed by atoms with Crippen LogP contribution in [-0.4, -0.2) is 25.3 Å². The molecule has 3 heteroatoms. The van der Waals surface area contributed by atoms with Crippen LogP contribution in [0.4, 0.5) is 0 Å². The molecule has 0 fully saturated rings. The molecular weight excluding hydrogens is 192 g/mol. The molecule has 0 rings (SSSR count). The molecule has 3 nitrogen and oxygen atoms in total. The zero-order valence-electron chi connectivity index (χ0n) is 9.62. The zero-order valence-corrected chi connectivity index (χ0v) is 9.62. The Morgan fingerprint density at radius 3 is 2.67 bits per heavy atom. The lowest BCUT2D eigenvalue weighted by molar-refractivity contribution is -0.139. The monoisotopic (exact) mass is 212 g/mol. The van der Waals surface area contributed by atoms with Gasteiger partial charge in [-0.05, 0) is 20.3 Å². The van der Waals surface area contributed by atoms with Crippen LogP contribution >= 0.6 is 0 Å². The molecule has 0 radical (unpaired) electrons. The number of carbonyl (C=O) groups excluding carboxylic acids is 1. The molecule has 0 aromatic heterocycles. The van der Waals surface area contributed by atoms with Gasteiger partial charge in [-0.1, -0.05) is 12.7 Å². The van der Waals surface area contributed by atoms with Crippen molar-refractivity contribution in [1.82, 2.24) is 0 Å². The van der Waals surface area contributed by atoms with Crippen LogP contribution in [0, 0.1) is 0 Å². The Balaban J connectivity index is 3.46. The molecule has 0 aliphatic carbocycles. The van der Waals surface area contributed by atoms with Crippen LogP contribution in [-0.2, 0) is 14.3 Å². The lowest BCUT2D eigenvalue weighted by atomic mass is 10.3. The van der Waals surface area contributed by atoms with Gasteiger partial charge in [-0.25, -0.2) is 4.79 Å². The summed E-state index contributed by atoms with van der Waals surface area (Å²) < 4.78 is 10.4. The third kappa shape index (κ3) is 7.94. The largest absolute Gasteiger partial charge is 0.462 e. The van der Waals surface area contributed by atoms with Gasteiger partial charge in [0, 0.05) is 12.0 Å². The van der Waals surface area contributed by atoms with Crippen LogP contribution in [0.15, 0.2) is 24.8 Å². The Labute approximate surface area is 91.8 Å². The predicted octanol–water partition coefficient (Wildman–Crippen LogP) is 2.48. The number of ether oxygens (including phenoxy) is 2. The van der Waals surface area contributed by atoms with Gasteiger partial charge in [-0.3, -0.25) is 0 Å². The predicted molar refractivity (Wildman–Crippen MR) is 60.6 cm³/mol. The van der Waals surface area contributed by atoms with Crippen molar-refractivity contribution >= 4 is 5.97 Å². The Bertz CT molecular complexity index is 221. The summed E-state index contributed by atoms with van der Waals surface area (Å²) in [6.45, 7) is 11.7. The third-order valence-corrected chi connectivity index (χ3v) is 1.83. The van der Waals surface area contributed by atoms with Crippen molar-refractivity contribution in [2.75, 3.05) is 13.2 Å². The molecular formula is C12H20O3. The quantitative estimate of drug-likeness (QED) is 0.268. The first-order chi connectivity index (χ1) is 7.07. The molecule has 0 spiro atoms. The summed E-state index contributed by atoms with van der Waals surface area (Å²) in [6, 6.07) is 0. The summed E-state index contributed by atoms with van der Waals surface area (Å²) in [5.41, 5.74) is 0.426. The van der Waals surface area contributed by atoms with Crippen LogP contribution in [0.1, 0.15) is 26.7 Å². The fourth-order valence-corrected chi connectivity index (χ4v) is 0.877. The van der Waals surface area contributed by atoms with Crippen LogP contribution in [0.25, 0.3) is 0 Å². The van der Waals surface area contributed by atoms with Gasteiger partial charge in [0.15, 0.2) is 0 Å². The van der Waals surface area contributed by atoms with Gasteiger partial charge in [0.05, 0.1) is 19.3 Å². The molecule has 0 saturated heterocycles. The van der Waals surface area contributed by atoms with Crippen molar-refractivity contribution in [3.05, 3.63) is 24.8 Å². The normalized spacial score (nSPS) is 11.9. The molecule has 0 amide bonds. The minimum atomic E-state index is -0.340. The minimum absolute atomic E-state index is 0.0999. The van der Waals surface area contributed by atoms with Crippen molar-refractivity contribution in [2.24, 2.45) is 0 Å². The standard InChI is InChI=1S/C12H20O3/c1-5-6-8-14-11(4)7-9-15-12(13)10(2)3/h5,11H,1-2,6-9H2,3-4H3. The van der Waals surface area contributed by atoms with E-state index in [2.05, 4.69) is 13.2 Å². The van der Waals surface area contributed by atoms with Crippen LogP contribution in [0.5, 0.6) is 0 Å². The lowest BCUT2D eigenvalue weighted by Crippen LogP contribution is -2.14. The molecule has 0 aliphatic heterocycles. The van der Waals surface area contributed by atoms with E-state index in [1.165, 1.54) is 0 Å². The number of hydrogen-bond donors (Lipinski definition) is 0. The first kappa shape index (κ1) is 13.9. The Hall–Kier alpha value is -1.09. The Kier molecular flexibility index (Phi) is 7.64. The van der Waals surface area contributed by atoms with E-state index >= 15 is 0 Å². The van der Waals surface area contributed by atoms with E-state index in [0.29, 0.717) is 25.2 Å². The first-order valence-corrected chi connectivity index (χ1v) is 5.13. The van der Waals surface area contributed by atoms with Gasteiger partial charge in [-0.15, -0.1) is 6.58 Å². The second kappa shape index (κ2) is 8.24. The van der Waals surface area contributed by atoms with E-state index in [9.17, 15) is 4.79 Å². The number of esters is 1. The second-order valence-electron chi connectivity index (χ2n) is 3.46. The van der Waals surface area contributed by atoms with E-state index in [-0.39, 0.29) is 12.1 Å². The highest BCUT2D eigenvalue weighted by molar-refractivity contribution is 5.86. The van der Waals surface area contributed by atoms with Gasteiger partial charge in [-0.2, -0.15) is 0 Å². The van der Waals surface area contributed by atoms with Gasteiger partial charge in [0.25, 0.3) is 0 Å². The maximum atomic E-state index is 11.0. The maximum absolute atomic E-state index is 11.0. The van der Waals surface area contributed by atoms with E-state index < -0.39 is 0 Å². The smallest absolute Gasteiger partial charge is 0.333 e. The van der Waals surface area contributed by atoms with Crippen LogP contribution in [0.3, 0.4) is 0 Å². The topological polar surface area (TPSA) is 35.5 Å². The SMILES string of the molecule is C=CCCOC(C)CCOC(=O)C(=C)C. The lowest BCUT2D eigenvalue weighted by Gasteiger charge is -2.12. The van der Waals surface area contributed by atoms with Gasteiger partial charge >= 0.3 is 5.97 Å². The first-order valence-electron chi connectivity index (χ1n) is 5.13. The van der Waals surface area contributed by atoms with Crippen molar-refractivity contribution in [3.63, 3.8) is 0 Å². The molecule has 86 valence electrons. The van der Waals surface area contributed by atoms with Gasteiger partial charge < -0.3 is 9.47 Å². The average Bonchev–Trinajstić information content (AvgIpc) is 2.18. The fourth-order valence-electron chi connectivity index (χ4n) is 0.877. The summed E-state index contributed by atoms with van der Waals surface area (Å²) >= 11 is 0. The number of rotatable bonds is 8. The maximum Gasteiger partial charge on any atom is 0.333 e. The molecule has 1 atom stereocenters. The summed E-state index contributed by atoms with van der Waals surface area (Å²) in [4.78, 5) is 11.0. The Morgan fingerprint density at radius 1 is 1.47 bits per heavy atom. The highest BCUT2D eigenvalue weighted by Gasteiger charge is 2.05. The summed E-state index contributed by atoms with van der Waals surface area (Å²) in [6.07, 6.45) is 3.46.